The first-order valence-electron chi connectivity index (χ1n) is 10.7. The van der Waals surface area contributed by atoms with Crippen molar-refractivity contribution in [1.82, 2.24) is 0 Å². The molecule has 1 amide bonds. The Balaban J connectivity index is 0.000000545. The van der Waals surface area contributed by atoms with Crippen molar-refractivity contribution in [3.63, 3.8) is 0 Å². The molecule has 0 saturated heterocycles. The third-order valence-electron chi connectivity index (χ3n) is 3.55. The summed E-state index contributed by atoms with van der Waals surface area (Å²) in [6.07, 6.45) is 0. The monoisotopic (exact) mass is 510 g/mol. The van der Waals surface area contributed by atoms with Gasteiger partial charge in [0.25, 0.3) is 0 Å². The van der Waals surface area contributed by atoms with Crippen molar-refractivity contribution in [1.29, 1.82) is 0 Å². The zero-order chi connectivity index (χ0) is 26.6. The van der Waals surface area contributed by atoms with E-state index in [-0.39, 0.29) is 13.2 Å². The van der Waals surface area contributed by atoms with Gasteiger partial charge in [0, 0.05) is 0 Å². The molecule has 0 spiro atoms. The van der Waals surface area contributed by atoms with Crippen LogP contribution < -0.4 is 20.5 Å². The van der Waals surface area contributed by atoms with Gasteiger partial charge in [-0.3, -0.25) is 9.59 Å². The number of rotatable bonds is 8. The maximum atomic E-state index is 11.4. The fourth-order valence-electron chi connectivity index (χ4n) is 2.18. The highest BCUT2D eigenvalue weighted by Crippen LogP contribution is 2.23. The lowest BCUT2D eigenvalue weighted by Crippen LogP contribution is -2.25. The quantitative estimate of drug-likeness (QED) is 0.235. The summed E-state index contributed by atoms with van der Waals surface area (Å²) in [5.41, 5.74) is 6.73. The minimum atomic E-state index is -1.08. The molecule has 10 nitrogen and oxygen atoms in total. The summed E-state index contributed by atoms with van der Waals surface area (Å²) in [4.78, 5) is 42.4. The Morgan fingerprint density at radius 2 is 1.23 bits per heavy atom. The van der Waals surface area contributed by atoms with E-state index in [0.717, 1.165) is 5.75 Å². The molecule has 0 fully saturated rings. The number of nitrogens with two attached hydrogens (primary N) is 1. The molecule has 0 radical (unpaired) electrons. The molecular weight excluding hydrogens is 480 g/mol. The number of esters is 2. The van der Waals surface area contributed by atoms with E-state index in [0.29, 0.717) is 30.3 Å². The molecule has 11 heteroatoms. The van der Waals surface area contributed by atoms with Gasteiger partial charge in [-0.1, -0.05) is 24.3 Å². The van der Waals surface area contributed by atoms with Gasteiger partial charge < -0.3 is 30.0 Å². The predicted octanol–water partition coefficient (Wildman–Crippen LogP) is 3.57. The van der Waals surface area contributed by atoms with Gasteiger partial charge in [-0.15, -0.1) is 0 Å². The van der Waals surface area contributed by atoms with Gasteiger partial charge >= 0.3 is 23.1 Å². The molecule has 0 aliphatic rings. The van der Waals surface area contributed by atoms with Crippen LogP contribution in [-0.2, 0) is 28.7 Å². The van der Waals surface area contributed by atoms with Gasteiger partial charge in [-0.25, -0.2) is 9.59 Å². The van der Waals surface area contributed by atoms with Crippen LogP contribution in [-0.4, -0.2) is 49.5 Å². The summed E-state index contributed by atoms with van der Waals surface area (Å²) in [7, 11) is 0. The van der Waals surface area contributed by atoms with E-state index in [9.17, 15) is 19.2 Å². The Morgan fingerprint density at radius 1 is 0.743 bits per heavy atom. The summed E-state index contributed by atoms with van der Waals surface area (Å²) < 4.78 is 19.3. The minimum absolute atomic E-state index is 0.166. The fourth-order valence-corrected chi connectivity index (χ4v) is 2.23. The van der Waals surface area contributed by atoms with Crippen LogP contribution >= 0.6 is 11.6 Å². The Labute approximate surface area is 209 Å². The summed E-state index contributed by atoms with van der Waals surface area (Å²) in [6.45, 7) is 8.49. The maximum Gasteiger partial charge on any atom is 0.397 e. The van der Waals surface area contributed by atoms with Gasteiger partial charge in [0.05, 0.1) is 37.8 Å². The molecule has 2 aromatic rings. The average molecular weight is 511 g/mol. The molecule has 0 saturated carbocycles. The number of hydrogen-bond donors (Lipinski definition) is 2. The van der Waals surface area contributed by atoms with Gasteiger partial charge in [0.2, 0.25) is 0 Å². The first-order valence-corrected chi connectivity index (χ1v) is 11.1. The van der Waals surface area contributed by atoms with Gasteiger partial charge in [0.1, 0.15) is 11.5 Å². The van der Waals surface area contributed by atoms with Crippen molar-refractivity contribution in [2.75, 3.05) is 37.5 Å². The second-order valence-corrected chi connectivity index (χ2v) is 6.41. The van der Waals surface area contributed by atoms with Crippen molar-refractivity contribution in [2.45, 2.75) is 27.7 Å². The molecule has 0 aliphatic carbocycles. The molecule has 0 aliphatic heterocycles. The van der Waals surface area contributed by atoms with E-state index < -0.39 is 23.1 Å². The number of nitrogen functional groups attached to an aromatic ring is 1. The van der Waals surface area contributed by atoms with E-state index in [1.54, 1.807) is 38.1 Å². The standard InChI is InChI=1S/C12H15NO4.C8H11NO.C4H5ClO3/c1-3-16-10-8-6-5-7-9(10)13-11(14)12(15)17-4-2;1-2-10-8-6-4-3-5-7(8)9;1-2-8-4(7)3(5)6/h5-8H,3-4H2,1-2H3,(H,13,14);3-6H,2,9H2,1H3;2H2,1H3. The maximum absolute atomic E-state index is 11.4. The number of carbonyl (C=O) groups excluding carboxylic acids is 4. The second kappa shape index (κ2) is 18.6. The van der Waals surface area contributed by atoms with E-state index in [1.807, 2.05) is 38.1 Å². The fraction of sp³-hybridized carbons (Fsp3) is 0.333. The van der Waals surface area contributed by atoms with Gasteiger partial charge in [-0.05, 0) is 63.6 Å². The molecule has 35 heavy (non-hydrogen) atoms. The lowest BCUT2D eigenvalue weighted by molar-refractivity contribution is -0.152. The Hall–Kier alpha value is -3.79. The van der Waals surface area contributed by atoms with Crippen molar-refractivity contribution < 1.29 is 38.1 Å². The number of halogens is 1. The topological polar surface area (TPSA) is 143 Å². The minimum Gasteiger partial charge on any atom is -0.492 e. The van der Waals surface area contributed by atoms with Crippen molar-refractivity contribution in [2.24, 2.45) is 0 Å². The number of para-hydroxylation sites is 4. The molecular formula is C24H31ClN2O8. The summed E-state index contributed by atoms with van der Waals surface area (Å²) in [6, 6.07) is 14.4. The average Bonchev–Trinajstić information content (AvgIpc) is 2.83. The zero-order valence-corrected chi connectivity index (χ0v) is 20.9. The van der Waals surface area contributed by atoms with Crippen LogP contribution in [0, 0.1) is 0 Å². The molecule has 2 aromatic carbocycles. The first kappa shape index (κ1) is 31.2. The first-order chi connectivity index (χ1) is 16.7. The predicted molar refractivity (Wildman–Crippen MR) is 132 cm³/mol. The molecule has 192 valence electrons. The van der Waals surface area contributed by atoms with E-state index in [4.69, 9.17) is 26.8 Å². The van der Waals surface area contributed by atoms with E-state index in [2.05, 4.69) is 14.8 Å². The van der Waals surface area contributed by atoms with Crippen molar-refractivity contribution >= 4 is 46.1 Å². The van der Waals surface area contributed by atoms with Crippen LogP contribution in [0.15, 0.2) is 48.5 Å². The largest absolute Gasteiger partial charge is 0.492 e. The number of hydrogen-bond acceptors (Lipinski definition) is 9. The van der Waals surface area contributed by atoms with Gasteiger partial charge in [0.15, 0.2) is 0 Å². The Kier molecular flexibility index (Phi) is 16.6. The molecule has 0 unspecified atom stereocenters. The number of ether oxygens (including phenoxy) is 4. The van der Waals surface area contributed by atoms with Crippen molar-refractivity contribution in [3.05, 3.63) is 48.5 Å². The van der Waals surface area contributed by atoms with Crippen LogP contribution in [0.3, 0.4) is 0 Å². The van der Waals surface area contributed by atoms with Crippen LogP contribution in [0.1, 0.15) is 27.7 Å². The molecule has 0 heterocycles. The van der Waals surface area contributed by atoms with Crippen molar-refractivity contribution in [3.8, 4) is 11.5 Å². The molecule has 2 rings (SSSR count). The van der Waals surface area contributed by atoms with Gasteiger partial charge in [-0.2, -0.15) is 0 Å². The highest BCUT2D eigenvalue weighted by Gasteiger charge is 2.16. The lowest BCUT2D eigenvalue weighted by Gasteiger charge is -2.10. The number of benzene rings is 2. The molecule has 0 atom stereocenters. The number of nitrogens with one attached hydrogen (secondary N) is 1. The highest BCUT2D eigenvalue weighted by molar-refractivity contribution is 6.80. The molecule has 3 N–H and O–H groups in total. The Bertz CT molecular complexity index is 953. The van der Waals surface area contributed by atoms with Crippen LogP contribution in [0.4, 0.5) is 11.4 Å². The number of anilines is 2. The molecule has 0 bridgehead atoms. The molecule has 0 aromatic heterocycles. The second-order valence-electron chi connectivity index (χ2n) is 6.07. The Morgan fingerprint density at radius 3 is 1.71 bits per heavy atom. The zero-order valence-electron chi connectivity index (χ0n) is 20.2. The van der Waals surface area contributed by atoms with Crippen LogP contribution in [0.25, 0.3) is 0 Å². The lowest BCUT2D eigenvalue weighted by atomic mass is 10.3. The van der Waals surface area contributed by atoms with Crippen LogP contribution in [0.5, 0.6) is 11.5 Å². The van der Waals surface area contributed by atoms with E-state index >= 15 is 0 Å². The summed E-state index contributed by atoms with van der Waals surface area (Å²) >= 11 is 4.69. The normalized spacial score (nSPS) is 9.17. The summed E-state index contributed by atoms with van der Waals surface area (Å²) in [5, 5.41) is 1.36. The number of carbonyl (C=O) groups is 4. The third-order valence-corrected chi connectivity index (χ3v) is 3.71. The van der Waals surface area contributed by atoms with E-state index in [1.165, 1.54) is 0 Å². The SMILES string of the molecule is CCOC(=O)C(=O)Cl.CCOC(=O)C(=O)Nc1ccccc1OCC.CCOc1ccccc1N. The number of amides is 1. The third kappa shape index (κ3) is 13.5. The van der Waals surface area contributed by atoms with Crippen LogP contribution in [0.2, 0.25) is 0 Å². The summed E-state index contributed by atoms with van der Waals surface area (Å²) in [5.74, 6) is -1.41. The highest BCUT2D eigenvalue weighted by atomic mass is 35.5. The smallest absolute Gasteiger partial charge is 0.397 e.